The second kappa shape index (κ2) is 4.66. The minimum Gasteiger partial charge on any atom is -0.348 e. The molecule has 1 aromatic rings. The smallest absolute Gasteiger partial charge is 0.235 e. The summed E-state index contributed by atoms with van der Waals surface area (Å²) in [5.41, 5.74) is 0.650. The Balaban J connectivity index is 2.38. The molecule has 1 heterocycles. The van der Waals surface area contributed by atoms with Crippen LogP contribution >= 0.6 is 11.6 Å². The number of hydrogen-bond donors (Lipinski definition) is 1. The topological polar surface area (TPSA) is 63.2 Å². The Labute approximate surface area is 105 Å². The minimum atomic E-state index is -3.20. The molecule has 17 heavy (non-hydrogen) atoms. The lowest BCUT2D eigenvalue weighted by Gasteiger charge is -2.25. The second-order valence-electron chi connectivity index (χ2n) is 3.90. The van der Waals surface area contributed by atoms with Gasteiger partial charge < -0.3 is 5.32 Å². The second-order valence-corrected chi connectivity index (χ2v) is 6.24. The Kier molecular flexibility index (Phi) is 3.40. The fourth-order valence-corrected chi connectivity index (χ4v) is 3.67. The van der Waals surface area contributed by atoms with Crippen molar-refractivity contribution in [3.05, 3.63) is 29.8 Å². The van der Waals surface area contributed by atoms with E-state index in [2.05, 4.69) is 5.32 Å². The van der Waals surface area contributed by atoms with Crippen molar-refractivity contribution < 1.29 is 13.2 Å². The first-order chi connectivity index (χ1) is 8.04. The van der Waals surface area contributed by atoms with Gasteiger partial charge in [0.25, 0.3) is 0 Å². The van der Waals surface area contributed by atoms with Crippen LogP contribution in [0.1, 0.15) is 18.0 Å². The number of hydrogen-bond acceptors (Lipinski definition) is 3. The molecule has 1 atom stereocenters. The number of rotatable bonds is 2. The molecule has 0 aromatic heterocycles. The lowest BCUT2D eigenvalue weighted by atomic mass is 10.0. The average Bonchev–Trinajstić information content (AvgIpc) is 2.33. The average molecular weight is 274 g/mol. The predicted octanol–water partition coefficient (Wildman–Crippen LogP) is 1.26. The number of halogens is 1. The van der Waals surface area contributed by atoms with Gasteiger partial charge in [0.05, 0.1) is 16.7 Å². The molecule has 1 N–H and O–H groups in total. The maximum Gasteiger partial charge on any atom is 0.235 e. The van der Waals surface area contributed by atoms with Crippen molar-refractivity contribution in [2.45, 2.75) is 17.4 Å². The van der Waals surface area contributed by atoms with E-state index in [9.17, 15) is 13.2 Å². The van der Waals surface area contributed by atoms with Gasteiger partial charge in [-0.15, -0.1) is 11.6 Å². The van der Waals surface area contributed by atoms with E-state index in [1.165, 1.54) is 0 Å². The highest BCUT2D eigenvalue weighted by atomic mass is 35.5. The summed E-state index contributed by atoms with van der Waals surface area (Å²) in [5, 5.41) is 2.73. The third-order valence-corrected chi connectivity index (χ3v) is 4.82. The van der Waals surface area contributed by atoms with Crippen LogP contribution in [0, 0.1) is 0 Å². The van der Waals surface area contributed by atoms with Crippen LogP contribution < -0.4 is 5.32 Å². The molecule has 0 radical (unpaired) electrons. The highest BCUT2D eigenvalue weighted by Gasteiger charge is 2.30. The summed E-state index contributed by atoms with van der Waals surface area (Å²) in [6.07, 6.45) is 0.391. The van der Waals surface area contributed by atoms with Crippen LogP contribution in [0.25, 0.3) is 0 Å². The normalized spacial score (nSPS) is 21.6. The van der Waals surface area contributed by atoms with Crippen molar-refractivity contribution in [3.63, 3.8) is 0 Å². The monoisotopic (exact) mass is 273 g/mol. The molecular formula is C11H12ClNO3S. The summed E-state index contributed by atoms with van der Waals surface area (Å²) in [4.78, 5) is 11.6. The van der Waals surface area contributed by atoms with Crippen LogP contribution in [0.4, 0.5) is 0 Å². The predicted molar refractivity (Wildman–Crippen MR) is 64.7 cm³/mol. The van der Waals surface area contributed by atoms with E-state index in [0.29, 0.717) is 16.9 Å². The third-order valence-electron chi connectivity index (χ3n) is 2.76. The lowest BCUT2D eigenvalue weighted by Crippen LogP contribution is -2.34. The summed E-state index contributed by atoms with van der Waals surface area (Å²) in [6.45, 7) is 0. The van der Waals surface area contributed by atoms with E-state index in [4.69, 9.17) is 11.6 Å². The molecule has 0 fully saturated rings. The molecule has 6 heteroatoms. The molecule has 1 unspecified atom stereocenters. The number of amides is 1. The van der Waals surface area contributed by atoms with Gasteiger partial charge in [0, 0.05) is 0 Å². The Morgan fingerprint density at radius 2 is 2.12 bits per heavy atom. The van der Waals surface area contributed by atoms with E-state index in [0.717, 1.165) is 0 Å². The summed E-state index contributed by atoms with van der Waals surface area (Å²) in [5.74, 6) is -0.353. The molecule has 4 nitrogen and oxygen atoms in total. The molecule has 1 amide bonds. The van der Waals surface area contributed by atoms with Crippen LogP contribution in [0.2, 0.25) is 0 Å². The summed E-state index contributed by atoms with van der Waals surface area (Å²) in [7, 11) is -3.20. The summed E-state index contributed by atoms with van der Waals surface area (Å²) in [6, 6.07) is 6.48. The highest BCUT2D eigenvalue weighted by Crippen LogP contribution is 2.31. The number of benzene rings is 1. The zero-order valence-corrected chi connectivity index (χ0v) is 10.6. The van der Waals surface area contributed by atoms with Gasteiger partial charge in [-0.2, -0.15) is 0 Å². The Hall–Kier alpha value is -1.07. The minimum absolute atomic E-state index is 0.0528. The molecular weight excluding hydrogens is 262 g/mol. The van der Waals surface area contributed by atoms with Crippen molar-refractivity contribution in [3.8, 4) is 0 Å². The maximum atomic E-state index is 11.8. The fraction of sp³-hybridized carbons (Fsp3) is 0.364. The van der Waals surface area contributed by atoms with Gasteiger partial charge in [0.15, 0.2) is 9.84 Å². The van der Waals surface area contributed by atoms with Crippen molar-refractivity contribution in [1.82, 2.24) is 5.32 Å². The zero-order chi connectivity index (χ0) is 12.5. The zero-order valence-electron chi connectivity index (χ0n) is 9.02. The number of nitrogens with one attached hydrogen (secondary N) is 1. The maximum absolute atomic E-state index is 11.8. The number of alkyl halides is 1. The quantitative estimate of drug-likeness (QED) is 0.825. The molecule has 1 aliphatic rings. The highest BCUT2D eigenvalue weighted by molar-refractivity contribution is 7.91. The number of fused-ring (bicyclic) bond motifs is 1. The molecule has 0 saturated heterocycles. The Bertz CT molecular complexity index is 541. The molecule has 1 aromatic carbocycles. The van der Waals surface area contributed by atoms with Gasteiger partial charge in [-0.3, -0.25) is 4.79 Å². The van der Waals surface area contributed by atoms with Crippen LogP contribution in [0.5, 0.6) is 0 Å². The first-order valence-electron chi connectivity index (χ1n) is 5.21. The van der Waals surface area contributed by atoms with Crippen molar-refractivity contribution in [1.29, 1.82) is 0 Å². The Morgan fingerprint density at radius 1 is 1.41 bits per heavy atom. The SMILES string of the molecule is O=C(CCl)NC1CCS(=O)(=O)c2ccccc21. The lowest BCUT2D eigenvalue weighted by molar-refractivity contribution is -0.119. The van der Waals surface area contributed by atoms with Gasteiger partial charge >= 0.3 is 0 Å². The first kappa shape index (κ1) is 12.4. The van der Waals surface area contributed by atoms with Gasteiger partial charge in [-0.25, -0.2) is 8.42 Å². The van der Waals surface area contributed by atoms with Gasteiger partial charge in [0.1, 0.15) is 5.88 Å². The van der Waals surface area contributed by atoms with Crippen molar-refractivity contribution >= 4 is 27.3 Å². The van der Waals surface area contributed by atoms with Gasteiger partial charge in [0.2, 0.25) is 5.91 Å². The van der Waals surface area contributed by atoms with Crippen LogP contribution in [0.3, 0.4) is 0 Å². The van der Waals surface area contributed by atoms with Crippen LogP contribution in [-0.4, -0.2) is 26.0 Å². The molecule has 2 rings (SSSR count). The molecule has 0 aliphatic carbocycles. The summed E-state index contributed by atoms with van der Waals surface area (Å²) >= 11 is 5.42. The van der Waals surface area contributed by atoms with Crippen molar-refractivity contribution in [2.75, 3.05) is 11.6 Å². The van der Waals surface area contributed by atoms with E-state index < -0.39 is 9.84 Å². The van der Waals surface area contributed by atoms with E-state index in [-0.39, 0.29) is 23.6 Å². The first-order valence-corrected chi connectivity index (χ1v) is 7.40. The fourth-order valence-electron chi connectivity index (χ4n) is 1.97. The molecule has 0 bridgehead atoms. The number of carbonyl (C=O) groups is 1. The van der Waals surface area contributed by atoms with E-state index in [1.54, 1.807) is 24.3 Å². The number of sulfone groups is 1. The van der Waals surface area contributed by atoms with Gasteiger partial charge in [-0.1, -0.05) is 18.2 Å². The standard InChI is InChI=1S/C11H12ClNO3S/c12-7-11(14)13-9-5-6-17(15,16)10-4-2-1-3-8(9)10/h1-4,9H,5-7H2,(H,13,14). The molecule has 1 aliphatic heterocycles. The largest absolute Gasteiger partial charge is 0.348 e. The van der Waals surface area contributed by atoms with E-state index in [1.807, 2.05) is 0 Å². The van der Waals surface area contributed by atoms with Crippen molar-refractivity contribution in [2.24, 2.45) is 0 Å². The number of carbonyl (C=O) groups excluding carboxylic acids is 1. The Morgan fingerprint density at radius 3 is 2.82 bits per heavy atom. The van der Waals surface area contributed by atoms with Crippen LogP contribution in [0.15, 0.2) is 29.2 Å². The van der Waals surface area contributed by atoms with Gasteiger partial charge in [-0.05, 0) is 18.1 Å². The van der Waals surface area contributed by atoms with E-state index >= 15 is 0 Å². The van der Waals surface area contributed by atoms with Crippen LogP contribution in [-0.2, 0) is 14.6 Å². The molecule has 0 spiro atoms. The molecule has 92 valence electrons. The molecule has 0 saturated carbocycles. The summed E-state index contributed by atoms with van der Waals surface area (Å²) < 4.78 is 23.7. The third kappa shape index (κ3) is 2.45.